The Hall–Kier alpha value is -2.14. The molecule has 1 amide bonds. The van der Waals surface area contributed by atoms with E-state index in [1.807, 2.05) is 54.6 Å². The lowest BCUT2D eigenvalue weighted by Crippen LogP contribution is -2.42. The van der Waals surface area contributed by atoms with Crippen molar-refractivity contribution in [2.45, 2.75) is 24.9 Å². The van der Waals surface area contributed by atoms with Crippen LogP contribution in [0.2, 0.25) is 0 Å². The minimum Gasteiger partial charge on any atom is -0.467 e. The van der Waals surface area contributed by atoms with Gasteiger partial charge in [-0.05, 0) is 29.7 Å². The number of methoxy groups -OCH3 is 1. The third-order valence-electron chi connectivity index (χ3n) is 4.31. The highest BCUT2D eigenvalue weighted by atomic mass is 79.9. The summed E-state index contributed by atoms with van der Waals surface area (Å²) in [5.41, 5.74) is 1.94. The molecule has 0 radical (unpaired) electrons. The van der Waals surface area contributed by atoms with E-state index in [9.17, 15) is 9.59 Å². The first-order chi connectivity index (χ1) is 11.6. The first-order valence-corrected chi connectivity index (χ1v) is 8.60. The number of hydrogen-bond donors (Lipinski definition) is 0. The van der Waals surface area contributed by atoms with E-state index in [2.05, 4.69) is 15.9 Å². The molecule has 1 fully saturated rings. The van der Waals surface area contributed by atoms with Crippen LogP contribution in [-0.4, -0.2) is 29.9 Å². The summed E-state index contributed by atoms with van der Waals surface area (Å²) in [5, 5.41) is 0. The zero-order valence-electron chi connectivity index (χ0n) is 13.3. The maximum absolute atomic E-state index is 12.6. The maximum Gasteiger partial charge on any atom is 0.328 e. The van der Waals surface area contributed by atoms with Crippen LogP contribution in [0.4, 0.5) is 0 Å². The summed E-state index contributed by atoms with van der Waals surface area (Å²) in [6, 6.07) is 16.8. The van der Waals surface area contributed by atoms with Gasteiger partial charge in [0, 0.05) is 10.9 Å². The molecule has 2 aromatic carbocycles. The van der Waals surface area contributed by atoms with Crippen molar-refractivity contribution < 1.29 is 14.3 Å². The number of carbonyl (C=O) groups excluding carboxylic acids is 2. The second kappa shape index (κ2) is 7.18. The van der Waals surface area contributed by atoms with Crippen LogP contribution in [0.25, 0.3) is 0 Å². The van der Waals surface area contributed by atoms with Crippen LogP contribution in [0.3, 0.4) is 0 Å². The number of rotatable bonds is 4. The van der Waals surface area contributed by atoms with Gasteiger partial charge in [-0.25, -0.2) is 4.79 Å². The summed E-state index contributed by atoms with van der Waals surface area (Å²) in [6.45, 7) is 0. The lowest BCUT2D eigenvalue weighted by molar-refractivity contribution is -0.150. The Morgan fingerprint density at radius 1 is 1.12 bits per heavy atom. The molecule has 2 atom stereocenters. The smallest absolute Gasteiger partial charge is 0.328 e. The van der Waals surface area contributed by atoms with Gasteiger partial charge < -0.3 is 9.64 Å². The molecular formula is C19H18BrNO3. The Bertz CT molecular complexity index is 730. The van der Waals surface area contributed by atoms with Gasteiger partial charge in [-0.15, -0.1) is 0 Å². The summed E-state index contributed by atoms with van der Waals surface area (Å²) in [5.74, 6) is -0.388. The van der Waals surface area contributed by atoms with Crippen molar-refractivity contribution in [2.75, 3.05) is 7.11 Å². The maximum atomic E-state index is 12.6. The van der Waals surface area contributed by atoms with Crippen LogP contribution >= 0.6 is 15.9 Å². The van der Waals surface area contributed by atoms with E-state index in [-0.39, 0.29) is 17.9 Å². The van der Waals surface area contributed by atoms with Crippen molar-refractivity contribution in [3.05, 3.63) is 70.2 Å². The molecule has 1 heterocycles. The molecule has 0 N–H and O–H groups in total. The van der Waals surface area contributed by atoms with E-state index in [1.54, 1.807) is 4.90 Å². The van der Waals surface area contributed by atoms with Gasteiger partial charge in [-0.3, -0.25) is 4.79 Å². The number of ether oxygens (including phenoxy) is 1. The number of benzene rings is 2. The highest BCUT2D eigenvalue weighted by Gasteiger charge is 2.42. The van der Waals surface area contributed by atoms with E-state index in [0.717, 1.165) is 15.6 Å². The molecule has 1 saturated heterocycles. The van der Waals surface area contributed by atoms with Gasteiger partial charge in [0.1, 0.15) is 6.04 Å². The van der Waals surface area contributed by atoms with Crippen molar-refractivity contribution in [3.63, 3.8) is 0 Å². The molecule has 4 nitrogen and oxygen atoms in total. The highest BCUT2D eigenvalue weighted by Crippen LogP contribution is 2.36. The van der Waals surface area contributed by atoms with Gasteiger partial charge in [0.25, 0.3) is 0 Å². The van der Waals surface area contributed by atoms with Crippen molar-refractivity contribution in [1.29, 1.82) is 0 Å². The van der Waals surface area contributed by atoms with Gasteiger partial charge in [-0.1, -0.05) is 58.4 Å². The monoisotopic (exact) mass is 387 g/mol. The van der Waals surface area contributed by atoms with Gasteiger partial charge in [0.15, 0.2) is 0 Å². The molecule has 2 aromatic rings. The van der Waals surface area contributed by atoms with E-state index in [0.29, 0.717) is 12.8 Å². The number of esters is 1. The molecule has 2 unspecified atom stereocenters. The predicted molar refractivity (Wildman–Crippen MR) is 94.3 cm³/mol. The number of hydrogen-bond acceptors (Lipinski definition) is 3. The van der Waals surface area contributed by atoms with E-state index < -0.39 is 6.04 Å². The van der Waals surface area contributed by atoms with Crippen molar-refractivity contribution in [3.8, 4) is 0 Å². The third kappa shape index (κ3) is 3.22. The minimum absolute atomic E-state index is 0.0258. The molecule has 3 rings (SSSR count). The first kappa shape index (κ1) is 16.7. The molecule has 1 aliphatic heterocycles. The first-order valence-electron chi connectivity index (χ1n) is 7.81. The molecule has 0 aromatic heterocycles. The normalized spacial score (nSPS) is 18.5. The topological polar surface area (TPSA) is 46.6 Å². The second-order valence-electron chi connectivity index (χ2n) is 5.74. The standard InChI is InChI=1S/C19H18BrNO3/c1-24-19(23)16-11-12-17(22)21(16)18(13-5-3-2-4-6-13)14-7-9-15(20)10-8-14/h2-10,16,18H,11-12H2,1H3. The average molecular weight is 388 g/mol. The Kier molecular flexibility index (Phi) is 5.00. The van der Waals surface area contributed by atoms with Gasteiger partial charge >= 0.3 is 5.97 Å². The molecule has 0 bridgehead atoms. The zero-order chi connectivity index (χ0) is 17.1. The number of nitrogens with zero attached hydrogens (tertiary/aromatic N) is 1. The molecule has 0 aliphatic carbocycles. The minimum atomic E-state index is -0.545. The summed E-state index contributed by atoms with van der Waals surface area (Å²) in [7, 11) is 1.36. The fraction of sp³-hybridized carbons (Fsp3) is 0.263. The third-order valence-corrected chi connectivity index (χ3v) is 4.84. The quantitative estimate of drug-likeness (QED) is 0.751. The average Bonchev–Trinajstić information content (AvgIpc) is 2.99. The zero-order valence-corrected chi connectivity index (χ0v) is 14.9. The molecule has 24 heavy (non-hydrogen) atoms. The van der Waals surface area contributed by atoms with Gasteiger partial charge in [-0.2, -0.15) is 0 Å². The Labute approximate surface area is 149 Å². The molecule has 124 valence electrons. The number of carbonyl (C=O) groups is 2. The Morgan fingerprint density at radius 3 is 2.38 bits per heavy atom. The number of likely N-dealkylation sites (tertiary alicyclic amines) is 1. The van der Waals surface area contributed by atoms with Crippen molar-refractivity contribution in [2.24, 2.45) is 0 Å². The van der Waals surface area contributed by atoms with Crippen LogP contribution in [0.15, 0.2) is 59.1 Å². The van der Waals surface area contributed by atoms with Crippen LogP contribution in [-0.2, 0) is 14.3 Å². The fourth-order valence-electron chi connectivity index (χ4n) is 3.19. The highest BCUT2D eigenvalue weighted by molar-refractivity contribution is 9.10. The molecular weight excluding hydrogens is 370 g/mol. The van der Waals surface area contributed by atoms with E-state index >= 15 is 0 Å². The van der Waals surface area contributed by atoms with Crippen LogP contribution in [0, 0.1) is 0 Å². The number of halogens is 1. The Morgan fingerprint density at radius 2 is 1.75 bits per heavy atom. The predicted octanol–water partition coefficient (Wildman–Crippen LogP) is 3.70. The summed E-state index contributed by atoms with van der Waals surface area (Å²) in [6.07, 6.45) is 0.852. The second-order valence-corrected chi connectivity index (χ2v) is 6.66. The summed E-state index contributed by atoms with van der Waals surface area (Å²) < 4.78 is 5.88. The lowest BCUT2D eigenvalue weighted by Gasteiger charge is -2.32. The number of amides is 1. The van der Waals surface area contributed by atoms with Crippen LogP contribution in [0.1, 0.15) is 30.0 Å². The van der Waals surface area contributed by atoms with E-state index in [4.69, 9.17) is 4.74 Å². The molecule has 0 spiro atoms. The largest absolute Gasteiger partial charge is 0.467 e. The Balaban J connectivity index is 2.08. The summed E-state index contributed by atoms with van der Waals surface area (Å²) >= 11 is 3.44. The molecule has 1 aliphatic rings. The van der Waals surface area contributed by atoms with Gasteiger partial charge in [0.05, 0.1) is 13.2 Å². The molecule has 0 saturated carbocycles. The summed E-state index contributed by atoms with van der Waals surface area (Å²) in [4.78, 5) is 26.4. The van der Waals surface area contributed by atoms with Crippen LogP contribution < -0.4 is 0 Å². The van der Waals surface area contributed by atoms with Crippen LogP contribution in [0.5, 0.6) is 0 Å². The lowest BCUT2D eigenvalue weighted by atomic mass is 9.96. The fourth-order valence-corrected chi connectivity index (χ4v) is 3.45. The van der Waals surface area contributed by atoms with E-state index in [1.165, 1.54) is 7.11 Å². The SMILES string of the molecule is COC(=O)C1CCC(=O)N1C(c1ccccc1)c1ccc(Br)cc1. The van der Waals surface area contributed by atoms with Gasteiger partial charge in [0.2, 0.25) is 5.91 Å². The van der Waals surface area contributed by atoms with Crippen molar-refractivity contribution in [1.82, 2.24) is 4.90 Å². The van der Waals surface area contributed by atoms with Crippen molar-refractivity contribution >= 4 is 27.8 Å². The molecule has 5 heteroatoms.